The molecule has 1 saturated carbocycles. The van der Waals surface area contributed by atoms with Crippen molar-refractivity contribution in [2.45, 2.75) is 56.7 Å². The maximum absolute atomic E-state index is 12.9. The fourth-order valence-electron chi connectivity index (χ4n) is 4.34. The maximum atomic E-state index is 12.9. The van der Waals surface area contributed by atoms with E-state index in [9.17, 15) is 8.42 Å². The molecule has 0 bridgehead atoms. The Morgan fingerprint density at radius 2 is 1.89 bits per heavy atom. The van der Waals surface area contributed by atoms with E-state index < -0.39 is 10.0 Å². The van der Waals surface area contributed by atoms with Gasteiger partial charge in [0, 0.05) is 12.6 Å². The van der Waals surface area contributed by atoms with Crippen molar-refractivity contribution in [3.05, 3.63) is 0 Å². The Bertz CT molecular complexity index is 417. The van der Waals surface area contributed by atoms with Crippen LogP contribution in [0.25, 0.3) is 0 Å². The van der Waals surface area contributed by atoms with Crippen molar-refractivity contribution >= 4 is 10.0 Å². The Morgan fingerprint density at radius 3 is 2.58 bits per heavy atom. The zero-order valence-electron chi connectivity index (χ0n) is 11.8. The highest BCUT2D eigenvalue weighted by Gasteiger charge is 2.49. The summed E-state index contributed by atoms with van der Waals surface area (Å²) in [6, 6.07) is 0.243. The van der Waals surface area contributed by atoms with Crippen LogP contribution in [0.3, 0.4) is 0 Å². The SMILES string of the molecule is CCC1C2CNCC2CN1S(=O)(=O)C1CCCCC1. The Balaban J connectivity index is 1.80. The fraction of sp³-hybridized carbons (Fsp3) is 1.00. The standard InChI is InChI=1S/C14H26N2O2S/c1-2-14-13-9-15-8-11(13)10-16(14)19(17,18)12-6-4-3-5-7-12/h11-15H,2-10H2,1H3. The van der Waals surface area contributed by atoms with Crippen LogP contribution in [0.1, 0.15) is 45.4 Å². The number of nitrogens with one attached hydrogen (secondary N) is 1. The van der Waals surface area contributed by atoms with Crippen LogP contribution < -0.4 is 5.32 Å². The Hall–Kier alpha value is -0.130. The highest BCUT2D eigenvalue weighted by Crippen LogP contribution is 2.38. The first-order chi connectivity index (χ1) is 9.14. The highest BCUT2D eigenvalue weighted by molar-refractivity contribution is 7.89. The molecule has 0 spiro atoms. The van der Waals surface area contributed by atoms with E-state index in [4.69, 9.17) is 0 Å². The summed E-state index contributed by atoms with van der Waals surface area (Å²) < 4.78 is 27.7. The second-order valence-corrected chi connectivity index (χ2v) is 8.60. The summed E-state index contributed by atoms with van der Waals surface area (Å²) in [6.45, 7) is 4.89. The molecule has 3 aliphatic rings. The van der Waals surface area contributed by atoms with Crippen LogP contribution >= 0.6 is 0 Å². The summed E-state index contributed by atoms with van der Waals surface area (Å²) in [4.78, 5) is 0. The predicted molar refractivity (Wildman–Crippen MR) is 76.4 cm³/mol. The molecule has 0 amide bonds. The summed E-state index contributed by atoms with van der Waals surface area (Å²) in [5.41, 5.74) is 0. The quantitative estimate of drug-likeness (QED) is 0.857. The summed E-state index contributed by atoms with van der Waals surface area (Å²) in [7, 11) is -3.06. The molecular weight excluding hydrogens is 260 g/mol. The number of hydrogen-bond donors (Lipinski definition) is 1. The number of nitrogens with zero attached hydrogens (tertiary/aromatic N) is 1. The summed E-state index contributed by atoms with van der Waals surface area (Å²) in [5, 5.41) is 3.32. The van der Waals surface area contributed by atoms with Gasteiger partial charge in [-0.2, -0.15) is 4.31 Å². The van der Waals surface area contributed by atoms with Gasteiger partial charge < -0.3 is 5.32 Å². The van der Waals surface area contributed by atoms with E-state index in [0.29, 0.717) is 11.8 Å². The molecule has 2 saturated heterocycles. The van der Waals surface area contributed by atoms with Gasteiger partial charge in [-0.1, -0.05) is 26.2 Å². The lowest BCUT2D eigenvalue weighted by Gasteiger charge is -2.31. The lowest BCUT2D eigenvalue weighted by atomic mass is 9.93. The van der Waals surface area contributed by atoms with E-state index in [0.717, 1.165) is 51.7 Å². The third kappa shape index (κ3) is 2.34. The molecule has 1 aliphatic carbocycles. The van der Waals surface area contributed by atoms with Crippen molar-refractivity contribution in [1.82, 2.24) is 9.62 Å². The van der Waals surface area contributed by atoms with E-state index >= 15 is 0 Å². The molecule has 19 heavy (non-hydrogen) atoms. The summed E-state index contributed by atoms with van der Waals surface area (Å²) in [6.07, 6.45) is 6.09. The first-order valence-electron chi connectivity index (χ1n) is 7.86. The van der Waals surface area contributed by atoms with Crippen molar-refractivity contribution in [1.29, 1.82) is 0 Å². The maximum Gasteiger partial charge on any atom is 0.217 e. The molecular formula is C14H26N2O2S. The van der Waals surface area contributed by atoms with Gasteiger partial charge in [-0.15, -0.1) is 0 Å². The van der Waals surface area contributed by atoms with Crippen LogP contribution in [0.15, 0.2) is 0 Å². The van der Waals surface area contributed by atoms with Gasteiger partial charge in [0.05, 0.1) is 5.25 Å². The number of fused-ring (bicyclic) bond motifs is 1. The van der Waals surface area contributed by atoms with Gasteiger partial charge in [0.2, 0.25) is 10.0 Å². The number of sulfonamides is 1. The van der Waals surface area contributed by atoms with Crippen molar-refractivity contribution in [2.75, 3.05) is 19.6 Å². The minimum atomic E-state index is -3.06. The first-order valence-corrected chi connectivity index (χ1v) is 9.36. The van der Waals surface area contributed by atoms with Crippen LogP contribution in [0.2, 0.25) is 0 Å². The predicted octanol–water partition coefficient (Wildman–Crippen LogP) is 1.58. The van der Waals surface area contributed by atoms with Gasteiger partial charge in [-0.3, -0.25) is 0 Å². The van der Waals surface area contributed by atoms with E-state index in [2.05, 4.69) is 12.2 Å². The van der Waals surface area contributed by atoms with Crippen molar-refractivity contribution in [2.24, 2.45) is 11.8 Å². The van der Waals surface area contributed by atoms with E-state index in [1.165, 1.54) is 6.42 Å². The molecule has 0 aromatic heterocycles. The van der Waals surface area contributed by atoms with Crippen LogP contribution in [-0.2, 0) is 10.0 Å². The monoisotopic (exact) mass is 286 g/mol. The first kappa shape index (κ1) is 13.8. The zero-order valence-corrected chi connectivity index (χ0v) is 12.7. The van der Waals surface area contributed by atoms with E-state index in [1.54, 1.807) is 0 Å². The average molecular weight is 286 g/mol. The zero-order chi connectivity index (χ0) is 13.5. The molecule has 5 heteroatoms. The van der Waals surface area contributed by atoms with Gasteiger partial charge in [-0.25, -0.2) is 8.42 Å². The fourth-order valence-corrected chi connectivity index (χ4v) is 6.73. The van der Waals surface area contributed by atoms with Crippen molar-refractivity contribution < 1.29 is 8.42 Å². The van der Waals surface area contributed by atoms with Crippen LogP contribution in [0.4, 0.5) is 0 Å². The van der Waals surface area contributed by atoms with Gasteiger partial charge in [0.1, 0.15) is 0 Å². The van der Waals surface area contributed by atoms with Crippen molar-refractivity contribution in [3.63, 3.8) is 0 Å². The number of rotatable bonds is 3. The molecule has 4 nitrogen and oxygen atoms in total. The molecule has 3 atom stereocenters. The molecule has 3 fully saturated rings. The number of hydrogen-bond acceptors (Lipinski definition) is 3. The third-order valence-corrected chi connectivity index (χ3v) is 7.78. The normalized spacial score (nSPS) is 37.6. The van der Waals surface area contributed by atoms with Gasteiger partial charge in [0.25, 0.3) is 0 Å². The third-order valence-electron chi connectivity index (χ3n) is 5.39. The molecule has 2 aliphatic heterocycles. The summed E-state index contributed by atoms with van der Waals surface area (Å²) in [5.74, 6) is 1.09. The second-order valence-electron chi connectivity index (χ2n) is 6.43. The Morgan fingerprint density at radius 1 is 1.16 bits per heavy atom. The van der Waals surface area contributed by atoms with Crippen LogP contribution in [-0.4, -0.2) is 43.6 Å². The minimum absolute atomic E-state index is 0.0953. The lowest BCUT2D eigenvalue weighted by Crippen LogP contribution is -2.44. The van der Waals surface area contributed by atoms with Crippen LogP contribution in [0, 0.1) is 11.8 Å². The van der Waals surface area contributed by atoms with E-state index in [1.807, 2.05) is 4.31 Å². The topological polar surface area (TPSA) is 49.4 Å². The molecule has 3 unspecified atom stereocenters. The lowest BCUT2D eigenvalue weighted by molar-refractivity contribution is 0.320. The smallest absolute Gasteiger partial charge is 0.217 e. The Kier molecular flexibility index (Phi) is 3.89. The average Bonchev–Trinajstić information content (AvgIpc) is 2.99. The molecule has 3 rings (SSSR count). The van der Waals surface area contributed by atoms with Gasteiger partial charge in [0.15, 0.2) is 0 Å². The molecule has 0 aromatic rings. The molecule has 110 valence electrons. The van der Waals surface area contributed by atoms with E-state index in [-0.39, 0.29) is 11.3 Å². The van der Waals surface area contributed by atoms with Gasteiger partial charge >= 0.3 is 0 Å². The molecule has 0 radical (unpaired) electrons. The molecule has 0 aromatic carbocycles. The highest BCUT2D eigenvalue weighted by atomic mass is 32.2. The van der Waals surface area contributed by atoms with Crippen molar-refractivity contribution in [3.8, 4) is 0 Å². The van der Waals surface area contributed by atoms with Gasteiger partial charge in [-0.05, 0) is 44.2 Å². The minimum Gasteiger partial charge on any atom is -0.316 e. The van der Waals surface area contributed by atoms with Crippen LogP contribution in [0.5, 0.6) is 0 Å². The molecule has 2 heterocycles. The second kappa shape index (κ2) is 5.34. The largest absolute Gasteiger partial charge is 0.316 e. The Labute approximate surface area is 117 Å². The molecule has 1 N–H and O–H groups in total. The summed E-state index contributed by atoms with van der Waals surface area (Å²) >= 11 is 0.